The number of H-pyrrole nitrogens is 1. The Morgan fingerprint density at radius 2 is 2.08 bits per heavy atom. The van der Waals surface area contributed by atoms with Crippen LogP contribution in [0.3, 0.4) is 0 Å². The van der Waals surface area contributed by atoms with Crippen molar-refractivity contribution in [1.82, 2.24) is 9.97 Å². The maximum absolute atomic E-state index is 5.39. The first-order valence-electron chi connectivity index (χ1n) is 3.48. The molecule has 0 aromatic carbocycles. The molecule has 3 N–H and O–H groups in total. The topological polar surface area (TPSA) is 54.7 Å². The molecule has 1 heterocycles. The molecule has 1 aromatic rings. The van der Waals surface area contributed by atoms with Crippen molar-refractivity contribution < 1.29 is 0 Å². The van der Waals surface area contributed by atoms with E-state index < -0.39 is 0 Å². The summed E-state index contributed by atoms with van der Waals surface area (Å²) in [7, 11) is 0. The van der Waals surface area contributed by atoms with Gasteiger partial charge in [-0.15, -0.1) is 24.8 Å². The number of aromatic nitrogens is 2. The van der Waals surface area contributed by atoms with E-state index in [4.69, 9.17) is 5.73 Å². The van der Waals surface area contributed by atoms with E-state index in [9.17, 15) is 0 Å². The molecule has 0 bridgehead atoms. The van der Waals surface area contributed by atoms with Gasteiger partial charge in [-0.25, -0.2) is 4.98 Å². The standard InChI is InChI=1S/C7H13N3.2ClH/c1-5(2)7-9-4-6(3-8)10-7;;/h4-5H,3,8H2,1-2H3,(H,9,10);2*1H. The maximum Gasteiger partial charge on any atom is 0.108 e. The normalized spacial score (nSPS) is 9.00. The van der Waals surface area contributed by atoms with Crippen molar-refractivity contribution in [2.24, 2.45) is 5.73 Å². The lowest BCUT2D eigenvalue weighted by Crippen LogP contribution is -1.97. The van der Waals surface area contributed by atoms with Crippen molar-refractivity contribution in [3.8, 4) is 0 Å². The summed E-state index contributed by atoms with van der Waals surface area (Å²) in [4.78, 5) is 7.28. The number of hydrogen-bond donors (Lipinski definition) is 2. The van der Waals surface area contributed by atoms with Crippen LogP contribution in [0.15, 0.2) is 6.20 Å². The van der Waals surface area contributed by atoms with Crippen molar-refractivity contribution in [2.75, 3.05) is 0 Å². The van der Waals surface area contributed by atoms with E-state index in [0.717, 1.165) is 11.5 Å². The van der Waals surface area contributed by atoms with Gasteiger partial charge in [-0.2, -0.15) is 0 Å². The monoisotopic (exact) mass is 211 g/mol. The molecule has 12 heavy (non-hydrogen) atoms. The molecular weight excluding hydrogens is 197 g/mol. The molecule has 0 aliphatic carbocycles. The third-order valence-corrected chi connectivity index (χ3v) is 1.41. The lowest BCUT2D eigenvalue weighted by atomic mass is 10.2. The summed E-state index contributed by atoms with van der Waals surface area (Å²) >= 11 is 0. The number of nitrogens with one attached hydrogen (secondary N) is 1. The van der Waals surface area contributed by atoms with E-state index >= 15 is 0 Å². The zero-order valence-electron chi connectivity index (χ0n) is 7.20. The number of nitrogens with zero attached hydrogens (tertiary/aromatic N) is 1. The molecule has 0 saturated heterocycles. The number of aromatic amines is 1. The van der Waals surface area contributed by atoms with Gasteiger partial charge < -0.3 is 10.7 Å². The Labute approximate surface area is 85.0 Å². The molecule has 3 nitrogen and oxygen atoms in total. The highest BCUT2D eigenvalue weighted by Crippen LogP contribution is 2.08. The molecule has 1 rings (SSSR count). The molecule has 1 aromatic heterocycles. The van der Waals surface area contributed by atoms with Gasteiger partial charge in [-0.05, 0) is 0 Å². The molecule has 0 atom stereocenters. The summed E-state index contributed by atoms with van der Waals surface area (Å²) < 4.78 is 0. The third-order valence-electron chi connectivity index (χ3n) is 1.41. The van der Waals surface area contributed by atoms with E-state index in [2.05, 4.69) is 23.8 Å². The number of halogens is 2. The minimum Gasteiger partial charge on any atom is -0.345 e. The van der Waals surface area contributed by atoms with Gasteiger partial charge in [0.2, 0.25) is 0 Å². The Bertz CT molecular complexity index is 210. The second kappa shape index (κ2) is 6.29. The van der Waals surface area contributed by atoms with E-state index in [1.165, 1.54) is 0 Å². The van der Waals surface area contributed by atoms with Crippen LogP contribution in [0.1, 0.15) is 31.3 Å². The van der Waals surface area contributed by atoms with Gasteiger partial charge in [-0.3, -0.25) is 0 Å². The van der Waals surface area contributed by atoms with Gasteiger partial charge in [0.1, 0.15) is 5.82 Å². The second-order valence-corrected chi connectivity index (χ2v) is 2.65. The van der Waals surface area contributed by atoms with Gasteiger partial charge in [0.25, 0.3) is 0 Å². The second-order valence-electron chi connectivity index (χ2n) is 2.65. The molecule has 0 spiro atoms. The lowest BCUT2D eigenvalue weighted by Gasteiger charge is -1.96. The molecule has 0 aliphatic rings. The number of rotatable bonds is 2. The van der Waals surface area contributed by atoms with E-state index in [0.29, 0.717) is 12.5 Å². The largest absolute Gasteiger partial charge is 0.345 e. The first-order chi connectivity index (χ1) is 4.74. The predicted octanol–water partition coefficient (Wildman–Crippen LogP) is 1.84. The Morgan fingerprint density at radius 1 is 1.50 bits per heavy atom. The van der Waals surface area contributed by atoms with Crippen LogP contribution in [0.5, 0.6) is 0 Å². The van der Waals surface area contributed by atoms with Crippen molar-refractivity contribution in [3.63, 3.8) is 0 Å². The zero-order valence-corrected chi connectivity index (χ0v) is 8.84. The van der Waals surface area contributed by atoms with Crippen LogP contribution >= 0.6 is 24.8 Å². The molecule has 5 heteroatoms. The summed E-state index contributed by atoms with van der Waals surface area (Å²) in [6.45, 7) is 4.73. The lowest BCUT2D eigenvalue weighted by molar-refractivity contribution is 0.788. The minimum atomic E-state index is 0. The van der Waals surface area contributed by atoms with E-state index in [-0.39, 0.29) is 24.8 Å². The average Bonchev–Trinajstić information content (AvgIpc) is 2.34. The Balaban J connectivity index is 0. The van der Waals surface area contributed by atoms with Crippen molar-refractivity contribution >= 4 is 24.8 Å². The summed E-state index contributed by atoms with van der Waals surface area (Å²) in [5, 5.41) is 0. The number of imidazole rings is 1. The number of hydrogen-bond acceptors (Lipinski definition) is 2. The van der Waals surface area contributed by atoms with E-state index in [1.54, 1.807) is 6.20 Å². The van der Waals surface area contributed by atoms with Crippen LogP contribution in [0.4, 0.5) is 0 Å². The van der Waals surface area contributed by atoms with Gasteiger partial charge in [-0.1, -0.05) is 13.8 Å². The van der Waals surface area contributed by atoms with Crippen LogP contribution in [-0.2, 0) is 6.54 Å². The maximum atomic E-state index is 5.39. The van der Waals surface area contributed by atoms with Crippen molar-refractivity contribution in [1.29, 1.82) is 0 Å². The summed E-state index contributed by atoms with van der Waals surface area (Å²) in [5.74, 6) is 1.47. The van der Waals surface area contributed by atoms with Crippen LogP contribution in [0.25, 0.3) is 0 Å². The Morgan fingerprint density at radius 3 is 2.33 bits per heavy atom. The van der Waals surface area contributed by atoms with Gasteiger partial charge in [0.05, 0.1) is 0 Å². The highest BCUT2D eigenvalue weighted by atomic mass is 35.5. The fraction of sp³-hybridized carbons (Fsp3) is 0.571. The van der Waals surface area contributed by atoms with Crippen LogP contribution in [0, 0.1) is 0 Å². The fourth-order valence-corrected chi connectivity index (χ4v) is 0.774. The highest BCUT2D eigenvalue weighted by molar-refractivity contribution is 5.85. The minimum absolute atomic E-state index is 0. The highest BCUT2D eigenvalue weighted by Gasteiger charge is 2.01. The van der Waals surface area contributed by atoms with Crippen molar-refractivity contribution in [2.45, 2.75) is 26.3 Å². The first kappa shape index (κ1) is 14.3. The molecular formula is C7H15Cl2N3. The third kappa shape index (κ3) is 3.43. The fourth-order valence-electron chi connectivity index (χ4n) is 0.774. The molecule has 0 aliphatic heterocycles. The summed E-state index contributed by atoms with van der Waals surface area (Å²) in [6.07, 6.45) is 1.79. The smallest absolute Gasteiger partial charge is 0.108 e. The molecule has 0 amide bonds. The van der Waals surface area contributed by atoms with Crippen molar-refractivity contribution in [3.05, 3.63) is 17.7 Å². The molecule has 72 valence electrons. The Kier molecular flexibility index (Phi) is 7.48. The van der Waals surface area contributed by atoms with Crippen LogP contribution in [-0.4, -0.2) is 9.97 Å². The Hall–Kier alpha value is -0.250. The summed E-state index contributed by atoms with van der Waals surface area (Å²) in [5.41, 5.74) is 6.40. The quantitative estimate of drug-likeness (QED) is 0.785. The van der Waals surface area contributed by atoms with Gasteiger partial charge >= 0.3 is 0 Å². The molecule has 0 radical (unpaired) electrons. The SMILES string of the molecule is CC(C)c1ncc(CN)[nH]1.Cl.Cl. The number of nitrogens with two attached hydrogens (primary N) is 1. The molecule has 0 fully saturated rings. The van der Waals surface area contributed by atoms with Crippen LogP contribution < -0.4 is 5.73 Å². The van der Waals surface area contributed by atoms with Gasteiger partial charge in [0.15, 0.2) is 0 Å². The van der Waals surface area contributed by atoms with Crippen LogP contribution in [0.2, 0.25) is 0 Å². The first-order valence-corrected chi connectivity index (χ1v) is 3.48. The summed E-state index contributed by atoms with van der Waals surface area (Å²) in [6, 6.07) is 0. The predicted molar refractivity (Wildman–Crippen MR) is 55.1 cm³/mol. The van der Waals surface area contributed by atoms with E-state index in [1.807, 2.05) is 0 Å². The zero-order chi connectivity index (χ0) is 7.56. The molecule has 0 saturated carbocycles. The molecule has 0 unspecified atom stereocenters. The average molecular weight is 212 g/mol. The van der Waals surface area contributed by atoms with Gasteiger partial charge in [0, 0.05) is 24.4 Å².